The Hall–Kier alpha value is -3.15. The van der Waals surface area contributed by atoms with Crippen molar-refractivity contribution in [2.24, 2.45) is 0 Å². The molecule has 0 unspecified atom stereocenters. The van der Waals surface area contributed by atoms with Gasteiger partial charge in [-0.1, -0.05) is 35.9 Å². The van der Waals surface area contributed by atoms with E-state index in [1.165, 1.54) is 6.92 Å². The van der Waals surface area contributed by atoms with Crippen LogP contribution in [0.4, 0.5) is 5.69 Å². The lowest BCUT2D eigenvalue weighted by Gasteiger charge is -2.14. The maximum absolute atomic E-state index is 12.0. The van der Waals surface area contributed by atoms with E-state index in [1.54, 1.807) is 42.5 Å². The molecule has 0 spiro atoms. The summed E-state index contributed by atoms with van der Waals surface area (Å²) in [5, 5.41) is 5.12. The van der Waals surface area contributed by atoms with Crippen molar-refractivity contribution in [3.05, 3.63) is 65.7 Å². The van der Waals surface area contributed by atoms with Gasteiger partial charge < -0.3 is 15.4 Å². The molecular formula is C19H20N2O4. The van der Waals surface area contributed by atoms with E-state index < -0.39 is 18.0 Å². The highest BCUT2D eigenvalue weighted by atomic mass is 16.5. The molecule has 0 aromatic heterocycles. The number of ether oxygens (including phenoxy) is 1. The molecule has 0 aliphatic rings. The van der Waals surface area contributed by atoms with Crippen LogP contribution < -0.4 is 10.6 Å². The zero-order valence-electron chi connectivity index (χ0n) is 14.1. The van der Waals surface area contributed by atoms with Crippen LogP contribution in [0, 0.1) is 6.92 Å². The lowest BCUT2D eigenvalue weighted by molar-refractivity contribution is -0.152. The summed E-state index contributed by atoms with van der Waals surface area (Å²) >= 11 is 0. The van der Waals surface area contributed by atoms with Crippen LogP contribution in [0.3, 0.4) is 0 Å². The summed E-state index contributed by atoms with van der Waals surface area (Å²) in [6, 6.07) is 15.8. The minimum absolute atomic E-state index is 0.310. The molecular weight excluding hydrogens is 320 g/mol. The van der Waals surface area contributed by atoms with E-state index in [0.29, 0.717) is 11.3 Å². The average molecular weight is 340 g/mol. The number of hydrogen-bond acceptors (Lipinski definition) is 4. The number of anilines is 1. The summed E-state index contributed by atoms with van der Waals surface area (Å²) in [4.78, 5) is 35.6. The Labute approximate surface area is 146 Å². The fraction of sp³-hybridized carbons (Fsp3) is 0.211. The van der Waals surface area contributed by atoms with E-state index in [0.717, 1.165) is 5.56 Å². The monoisotopic (exact) mass is 340 g/mol. The highest BCUT2D eigenvalue weighted by Crippen LogP contribution is 2.09. The number of benzene rings is 2. The van der Waals surface area contributed by atoms with Gasteiger partial charge in [0, 0.05) is 11.3 Å². The number of carbonyl (C=O) groups excluding carboxylic acids is 3. The summed E-state index contributed by atoms with van der Waals surface area (Å²) in [5.74, 6) is -1.50. The van der Waals surface area contributed by atoms with Crippen molar-refractivity contribution in [3.8, 4) is 0 Å². The third kappa shape index (κ3) is 5.76. The van der Waals surface area contributed by atoms with Gasteiger partial charge in [-0.25, -0.2) is 0 Å². The second-order valence-corrected chi connectivity index (χ2v) is 5.54. The lowest BCUT2D eigenvalue weighted by atomic mass is 10.2. The van der Waals surface area contributed by atoms with Crippen LogP contribution in [-0.4, -0.2) is 30.4 Å². The van der Waals surface area contributed by atoms with Crippen molar-refractivity contribution in [1.82, 2.24) is 5.32 Å². The highest BCUT2D eigenvalue weighted by molar-refractivity contribution is 5.97. The van der Waals surface area contributed by atoms with Gasteiger partial charge in [0.15, 0.2) is 6.10 Å². The first kappa shape index (κ1) is 18.2. The van der Waals surface area contributed by atoms with Crippen LogP contribution in [0.15, 0.2) is 54.6 Å². The van der Waals surface area contributed by atoms with E-state index >= 15 is 0 Å². The van der Waals surface area contributed by atoms with Gasteiger partial charge in [0.25, 0.3) is 11.8 Å². The number of nitrogens with one attached hydrogen (secondary N) is 2. The Morgan fingerprint density at radius 2 is 1.64 bits per heavy atom. The molecule has 0 bridgehead atoms. The van der Waals surface area contributed by atoms with Gasteiger partial charge in [0.1, 0.15) is 6.54 Å². The summed E-state index contributed by atoms with van der Waals surface area (Å²) < 4.78 is 5.03. The Bertz CT molecular complexity index is 742. The Balaban J connectivity index is 1.78. The van der Waals surface area contributed by atoms with E-state index in [4.69, 9.17) is 4.74 Å². The number of aryl methyl sites for hydroxylation is 1. The van der Waals surface area contributed by atoms with E-state index in [9.17, 15) is 14.4 Å². The van der Waals surface area contributed by atoms with Crippen LogP contribution in [0.25, 0.3) is 0 Å². The standard InChI is InChI=1S/C19H20N2O4/c1-13-8-10-16(11-9-13)21-18(23)14(2)25-17(22)12-20-19(24)15-6-4-3-5-7-15/h3-11,14H,12H2,1-2H3,(H,20,24)(H,21,23)/t14-/m1/s1. The Kier molecular flexibility index (Phi) is 6.28. The SMILES string of the molecule is Cc1ccc(NC(=O)[C@@H](C)OC(=O)CNC(=O)c2ccccc2)cc1. The van der Waals surface area contributed by atoms with Gasteiger partial charge in [-0.15, -0.1) is 0 Å². The van der Waals surface area contributed by atoms with Crippen molar-refractivity contribution >= 4 is 23.5 Å². The van der Waals surface area contributed by atoms with Crippen LogP contribution >= 0.6 is 0 Å². The molecule has 2 aromatic carbocycles. The zero-order chi connectivity index (χ0) is 18.2. The van der Waals surface area contributed by atoms with Crippen molar-refractivity contribution in [2.45, 2.75) is 20.0 Å². The fourth-order valence-corrected chi connectivity index (χ4v) is 2.02. The van der Waals surface area contributed by atoms with Crippen molar-refractivity contribution < 1.29 is 19.1 Å². The van der Waals surface area contributed by atoms with Gasteiger partial charge in [-0.3, -0.25) is 14.4 Å². The maximum atomic E-state index is 12.0. The zero-order valence-corrected chi connectivity index (χ0v) is 14.1. The number of esters is 1. The second kappa shape index (κ2) is 8.63. The summed E-state index contributed by atoms with van der Waals surface area (Å²) in [6.45, 7) is 3.11. The first-order valence-electron chi connectivity index (χ1n) is 7.86. The van der Waals surface area contributed by atoms with Gasteiger partial charge in [-0.2, -0.15) is 0 Å². The quantitative estimate of drug-likeness (QED) is 0.790. The predicted molar refractivity (Wildman–Crippen MR) is 94.1 cm³/mol. The molecule has 2 rings (SSSR count). The van der Waals surface area contributed by atoms with Gasteiger partial charge in [0.2, 0.25) is 0 Å². The average Bonchev–Trinajstić information content (AvgIpc) is 2.62. The first-order valence-corrected chi connectivity index (χ1v) is 7.86. The lowest BCUT2D eigenvalue weighted by Crippen LogP contribution is -2.35. The largest absolute Gasteiger partial charge is 0.451 e. The van der Waals surface area contributed by atoms with Crippen molar-refractivity contribution in [3.63, 3.8) is 0 Å². The van der Waals surface area contributed by atoms with E-state index in [1.807, 2.05) is 19.1 Å². The number of amides is 2. The van der Waals surface area contributed by atoms with Crippen LogP contribution in [-0.2, 0) is 14.3 Å². The van der Waals surface area contributed by atoms with Crippen molar-refractivity contribution in [1.29, 1.82) is 0 Å². The van der Waals surface area contributed by atoms with Crippen LogP contribution in [0.1, 0.15) is 22.8 Å². The Morgan fingerprint density at radius 3 is 2.28 bits per heavy atom. The maximum Gasteiger partial charge on any atom is 0.326 e. The molecule has 0 radical (unpaired) electrons. The van der Waals surface area contributed by atoms with E-state index in [-0.39, 0.29) is 12.5 Å². The molecule has 0 heterocycles. The van der Waals surface area contributed by atoms with Gasteiger partial charge in [-0.05, 0) is 38.1 Å². The van der Waals surface area contributed by atoms with E-state index in [2.05, 4.69) is 10.6 Å². The topological polar surface area (TPSA) is 84.5 Å². The van der Waals surface area contributed by atoms with Gasteiger partial charge >= 0.3 is 5.97 Å². The van der Waals surface area contributed by atoms with Crippen LogP contribution in [0.2, 0.25) is 0 Å². The highest BCUT2D eigenvalue weighted by Gasteiger charge is 2.18. The number of carbonyl (C=O) groups is 3. The molecule has 6 heteroatoms. The van der Waals surface area contributed by atoms with Crippen molar-refractivity contribution in [2.75, 3.05) is 11.9 Å². The molecule has 0 saturated carbocycles. The molecule has 1 atom stereocenters. The molecule has 25 heavy (non-hydrogen) atoms. The fourth-order valence-electron chi connectivity index (χ4n) is 2.02. The molecule has 0 aliphatic carbocycles. The third-order valence-corrected chi connectivity index (χ3v) is 3.43. The molecule has 2 N–H and O–H groups in total. The molecule has 0 fully saturated rings. The van der Waals surface area contributed by atoms with Crippen LogP contribution in [0.5, 0.6) is 0 Å². The number of hydrogen-bond donors (Lipinski definition) is 2. The Morgan fingerprint density at radius 1 is 1.00 bits per heavy atom. The molecule has 130 valence electrons. The molecule has 0 saturated heterocycles. The third-order valence-electron chi connectivity index (χ3n) is 3.43. The van der Waals surface area contributed by atoms with Gasteiger partial charge in [0.05, 0.1) is 0 Å². The first-order chi connectivity index (χ1) is 12.0. The summed E-state index contributed by atoms with van der Waals surface area (Å²) in [5.41, 5.74) is 2.14. The minimum Gasteiger partial charge on any atom is -0.451 e. The number of rotatable bonds is 6. The molecule has 2 aromatic rings. The summed E-state index contributed by atoms with van der Waals surface area (Å²) in [7, 11) is 0. The molecule has 6 nitrogen and oxygen atoms in total. The molecule has 2 amide bonds. The second-order valence-electron chi connectivity index (χ2n) is 5.54. The summed E-state index contributed by atoms with van der Waals surface area (Å²) in [6.07, 6.45) is -0.970. The minimum atomic E-state index is -0.970. The normalized spacial score (nSPS) is 11.3. The predicted octanol–water partition coefficient (Wildman–Crippen LogP) is 2.30. The smallest absolute Gasteiger partial charge is 0.326 e. The molecule has 0 aliphatic heterocycles.